The van der Waals surface area contributed by atoms with E-state index in [4.69, 9.17) is 9.47 Å². The Morgan fingerprint density at radius 2 is 2.25 bits per heavy atom. The van der Waals surface area contributed by atoms with Crippen molar-refractivity contribution in [1.82, 2.24) is 5.32 Å². The summed E-state index contributed by atoms with van der Waals surface area (Å²) in [6.45, 7) is 3.53. The van der Waals surface area contributed by atoms with Gasteiger partial charge in [-0.05, 0) is 19.8 Å². The molecule has 2 atom stereocenters. The van der Waals surface area contributed by atoms with Crippen molar-refractivity contribution in [3.8, 4) is 0 Å². The van der Waals surface area contributed by atoms with E-state index in [2.05, 4.69) is 5.32 Å². The second-order valence-corrected chi connectivity index (χ2v) is 4.89. The molecule has 2 saturated heterocycles. The highest BCUT2D eigenvalue weighted by atomic mass is 16.5. The van der Waals surface area contributed by atoms with Crippen molar-refractivity contribution in [2.45, 2.75) is 37.4 Å². The number of hydrogen-bond donors (Lipinski definition) is 2. The maximum atomic E-state index is 11.9. The Kier molecular flexibility index (Phi) is 3.19. The quantitative estimate of drug-likeness (QED) is 0.704. The third-order valence-corrected chi connectivity index (χ3v) is 3.36. The summed E-state index contributed by atoms with van der Waals surface area (Å²) < 4.78 is 10.5. The first kappa shape index (κ1) is 11.8. The van der Waals surface area contributed by atoms with Gasteiger partial charge in [-0.3, -0.25) is 4.79 Å². The van der Waals surface area contributed by atoms with Crippen LogP contribution in [0.4, 0.5) is 0 Å². The van der Waals surface area contributed by atoms with Crippen LogP contribution in [0.1, 0.15) is 26.2 Å². The van der Waals surface area contributed by atoms with Gasteiger partial charge in [0.15, 0.2) is 0 Å². The lowest BCUT2D eigenvalue weighted by Gasteiger charge is -2.26. The Hall–Kier alpha value is -0.650. The molecule has 2 rings (SSSR count). The van der Waals surface area contributed by atoms with Gasteiger partial charge in [0.1, 0.15) is 11.2 Å². The normalized spacial score (nSPS) is 38.9. The maximum Gasteiger partial charge on any atom is 0.252 e. The Balaban J connectivity index is 1.83. The first-order valence-electron chi connectivity index (χ1n) is 5.77. The summed E-state index contributed by atoms with van der Waals surface area (Å²) in [6, 6.07) is 0. The predicted octanol–water partition coefficient (Wildman–Crippen LogP) is -0.177. The molecule has 0 radical (unpaired) electrons. The van der Waals surface area contributed by atoms with Crippen LogP contribution in [0.15, 0.2) is 0 Å². The van der Waals surface area contributed by atoms with Crippen molar-refractivity contribution in [1.29, 1.82) is 0 Å². The van der Waals surface area contributed by atoms with E-state index in [9.17, 15) is 9.90 Å². The average Bonchev–Trinajstić information content (AvgIpc) is 2.86. The number of aliphatic hydroxyl groups is 1. The first-order valence-corrected chi connectivity index (χ1v) is 5.77. The smallest absolute Gasteiger partial charge is 0.252 e. The second-order valence-electron chi connectivity index (χ2n) is 4.89. The lowest BCUT2D eigenvalue weighted by Crippen LogP contribution is -2.50. The van der Waals surface area contributed by atoms with Gasteiger partial charge >= 0.3 is 0 Å². The van der Waals surface area contributed by atoms with Crippen LogP contribution in [-0.2, 0) is 14.3 Å². The molecule has 2 heterocycles. The van der Waals surface area contributed by atoms with E-state index < -0.39 is 11.2 Å². The van der Waals surface area contributed by atoms with Crippen molar-refractivity contribution in [3.05, 3.63) is 0 Å². The van der Waals surface area contributed by atoms with Crippen molar-refractivity contribution in [3.63, 3.8) is 0 Å². The van der Waals surface area contributed by atoms with Gasteiger partial charge in [0.2, 0.25) is 0 Å². The van der Waals surface area contributed by atoms with Gasteiger partial charge in [0.05, 0.1) is 6.61 Å². The zero-order valence-corrected chi connectivity index (χ0v) is 9.62. The topological polar surface area (TPSA) is 67.8 Å². The molecule has 2 fully saturated rings. The highest BCUT2D eigenvalue weighted by Crippen LogP contribution is 2.25. The monoisotopic (exact) mass is 229 g/mol. The molecule has 16 heavy (non-hydrogen) atoms. The molecule has 0 saturated carbocycles. The fourth-order valence-corrected chi connectivity index (χ4v) is 2.13. The van der Waals surface area contributed by atoms with Crippen molar-refractivity contribution in [2.24, 2.45) is 0 Å². The molecule has 92 valence electrons. The van der Waals surface area contributed by atoms with E-state index >= 15 is 0 Å². The Morgan fingerprint density at radius 1 is 1.44 bits per heavy atom. The van der Waals surface area contributed by atoms with Crippen molar-refractivity contribution in [2.75, 3.05) is 26.4 Å². The molecule has 2 unspecified atom stereocenters. The summed E-state index contributed by atoms with van der Waals surface area (Å²) in [5.74, 6) is -0.134. The highest BCUT2D eigenvalue weighted by Gasteiger charge is 2.39. The van der Waals surface area contributed by atoms with Gasteiger partial charge in [-0.15, -0.1) is 0 Å². The minimum Gasteiger partial charge on any atom is -0.386 e. The number of nitrogens with one attached hydrogen (secondary N) is 1. The van der Waals surface area contributed by atoms with Crippen LogP contribution in [0.25, 0.3) is 0 Å². The SMILES string of the molecule is CC1(C(=O)NCC2(O)CCOC2)CCCO1. The zero-order chi connectivity index (χ0) is 11.6. The molecule has 2 aliphatic rings. The summed E-state index contributed by atoms with van der Waals surface area (Å²) >= 11 is 0. The summed E-state index contributed by atoms with van der Waals surface area (Å²) in [4.78, 5) is 11.9. The molecule has 0 aliphatic carbocycles. The molecular weight excluding hydrogens is 210 g/mol. The van der Waals surface area contributed by atoms with Crippen LogP contribution in [0.5, 0.6) is 0 Å². The van der Waals surface area contributed by atoms with Crippen LogP contribution in [-0.4, -0.2) is 48.6 Å². The van der Waals surface area contributed by atoms with Gasteiger partial charge in [-0.2, -0.15) is 0 Å². The third kappa shape index (κ3) is 2.36. The molecule has 5 nitrogen and oxygen atoms in total. The standard InChI is InChI=1S/C11H19NO4/c1-10(3-2-5-16-10)9(13)12-7-11(14)4-6-15-8-11/h14H,2-8H2,1H3,(H,12,13). The molecule has 0 aromatic rings. The zero-order valence-electron chi connectivity index (χ0n) is 9.62. The molecule has 2 N–H and O–H groups in total. The summed E-state index contributed by atoms with van der Waals surface area (Å²) in [6.07, 6.45) is 2.23. The molecule has 1 amide bonds. The van der Waals surface area contributed by atoms with Crippen LogP contribution < -0.4 is 5.32 Å². The highest BCUT2D eigenvalue weighted by molar-refractivity contribution is 5.85. The second kappa shape index (κ2) is 4.31. The molecule has 0 aromatic heterocycles. The average molecular weight is 229 g/mol. The first-order chi connectivity index (χ1) is 7.54. The minimum absolute atomic E-state index is 0.134. The number of carbonyl (C=O) groups is 1. The predicted molar refractivity (Wildman–Crippen MR) is 57.0 cm³/mol. The Morgan fingerprint density at radius 3 is 2.81 bits per heavy atom. The van der Waals surface area contributed by atoms with E-state index in [1.807, 2.05) is 0 Å². The fourth-order valence-electron chi connectivity index (χ4n) is 2.13. The molecule has 2 aliphatic heterocycles. The van der Waals surface area contributed by atoms with E-state index in [0.29, 0.717) is 26.2 Å². The number of amides is 1. The van der Waals surface area contributed by atoms with E-state index in [-0.39, 0.29) is 12.5 Å². The lowest BCUT2D eigenvalue weighted by atomic mass is 10.00. The molecular formula is C11H19NO4. The molecule has 5 heteroatoms. The maximum absolute atomic E-state index is 11.9. The van der Waals surface area contributed by atoms with Crippen LogP contribution in [0.3, 0.4) is 0 Å². The Labute approximate surface area is 95.1 Å². The van der Waals surface area contributed by atoms with Crippen molar-refractivity contribution >= 4 is 5.91 Å². The van der Waals surface area contributed by atoms with E-state index in [1.54, 1.807) is 6.92 Å². The summed E-state index contributed by atoms with van der Waals surface area (Å²) in [5, 5.41) is 12.7. The molecule has 0 bridgehead atoms. The summed E-state index contributed by atoms with van der Waals surface area (Å²) in [7, 11) is 0. The van der Waals surface area contributed by atoms with Gasteiger partial charge in [-0.25, -0.2) is 0 Å². The molecule has 0 aromatic carbocycles. The minimum atomic E-state index is -0.898. The Bertz CT molecular complexity index is 267. The summed E-state index contributed by atoms with van der Waals surface area (Å²) in [5.41, 5.74) is -1.61. The van der Waals surface area contributed by atoms with E-state index in [0.717, 1.165) is 12.8 Å². The largest absolute Gasteiger partial charge is 0.386 e. The van der Waals surface area contributed by atoms with E-state index in [1.165, 1.54) is 0 Å². The van der Waals surface area contributed by atoms with Crippen LogP contribution in [0.2, 0.25) is 0 Å². The third-order valence-electron chi connectivity index (χ3n) is 3.36. The van der Waals surface area contributed by atoms with Gasteiger partial charge in [0, 0.05) is 26.2 Å². The van der Waals surface area contributed by atoms with Crippen LogP contribution >= 0.6 is 0 Å². The van der Waals surface area contributed by atoms with Crippen molar-refractivity contribution < 1.29 is 19.4 Å². The van der Waals surface area contributed by atoms with Gasteiger partial charge in [0.25, 0.3) is 5.91 Å². The van der Waals surface area contributed by atoms with Crippen LogP contribution in [0, 0.1) is 0 Å². The fraction of sp³-hybridized carbons (Fsp3) is 0.909. The lowest BCUT2D eigenvalue weighted by molar-refractivity contribution is -0.140. The number of rotatable bonds is 3. The number of hydrogen-bond acceptors (Lipinski definition) is 4. The molecule has 0 spiro atoms. The number of carbonyl (C=O) groups excluding carboxylic acids is 1. The van der Waals surface area contributed by atoms with Gasteiger partial charge < -0.3 is 19.9 Å². The van der Waals surface area contributed by atoms with Gasteiger partial charge in [-0.1, -0.05) is 0 Å². The number of ether oxygens (including phenoxy) is 2.